The summed E-state index contributed by atoms with van der Waals surface area (Å²) in [4.78, 5) is 10.3. The number of anilines is 1. The minimum absolute atomic E-state index is 0.697. The molecule has 0 amide bonds. The fourth-order valence-corrected chi connectivity index (χ4v) is 3.15. The van der Waals surface area contributed by atoms with E-state index in [0.29, 0.717) is 5.02 Å². The van der Waals surface area contributed by atoms with E-state index in [2.05, 4.69) is 20.4 Å². The largest absolute Gasteiger partial charge is 0.370 e. The van der Waals surface area contributed by atoms with E-state index < -0.39 is 0 Å². The molecule has 1 aromatic carbocycles. The van der Waals surface area contributed by atoms with Gasteiger partial charge in [-0.1, -0.05) is 11.6 Å². The Kier molecular flexibility index (Phi) is 4.78. The topological polar surface area (TPSA) is 69.3 Å². The number of fused-ring (bicyclic) bond motifs is 1. The van der Waals surface area contributed by atoms with Gasteiger partial charge in [-0.05, 0) is 24.3 Å². The van der Waals surface area contributed by atoms with Gasteiger partial charge in [0.25, 0.3) is 0 Å². The zero-order valence-corrected chi connectivity index (χ0v) is 14.5. The molecular formula is C17H20ClN6O+. The highest BCUT2D eigenvalue weighted by Crippen LogP contribution is 2.22. The van der Waals surface area contributed by atoms with Crippen LogP contribution >= 0.6 is 11.6 Å². The van der Waals surface area contributed by atoms with Crippen molar-refractivity contribution in [1.29, 1.82) is 0 Å². The van der Waals surface area contributed by atoms with Crippen LogP contribution in [0.5, 0.6) is 0 Å². The highest BCUT2D eigenvalue weighted by atomic mass is 35.5. The lowest BCUT2D eigenvalue weighted by Gasteiger charge is -2.23. The van der Waals surface area contributed by atoms with Crippen LogP contribution in [-0.4, -0.2) is 59.1 Å². The SMILES string of the molecule is Clc1ccc(-n2ncc3c(NCC[NH+]4CCOCC4)ncnc32)cc1. The Morgan fingerprint density at radius 3 is 2.76 bits per heavy atom. The summed E-state index contributed by atoms with van der Waals surface area (Å²) in [6, 6.07) is 7.53. The molecule has 7 nitrogen and oxygen atoms in total. The van der Waals surface area contributed by atoms with Gasteiger partial charge in [0.15, 0.2) is 5.65 Å². The Hall–Kier alpha value is -2.22. The molecule has 0 spiro atoms. The van der Waals surface area contributed by atoms with Crippen LogP contribution in [-0.2, 0) is 4.74 Å². The molecule has 130 valence electrons. The summed E-state index contributed by atoms with van der Waals surface area (Å²) in [6.07, 6.45) is 3.37. The predicted octanol–water partition coefficient (Wildman–Crippen LogP) is 0.796. The molecule has 8 heteroatoms. The first kappa shape index (κ1) is 16.3. The first-order valence-electron chi connectivity index (χ1n) is 8.41. The molecule has 0 bridgehead atoms. The van der Waals surface area contributed by atoms with E-state index in [4.69, 9.17) is 16.3 Å². The van der Waals surface area contributed by atoms with E-state index in [-0.39, 0.29) is 0 Å². The van der Waals surface area contributed by atoms with Crippen molar-refractivity contribution in [3.05, 3.63) is 41.8 Å². The molecule has 0 atom stereocenters. The average Bonchev–Trinajstić information content (AvgIpc) is 3.08. The summed E-state index contributed by atoms with van der Waals surface area (Å²) >= 11 is 5.96. The van der Waals surface area contributed by atoms with Crippen molar-refractivity contribution in [2.45, 2.75) is 0 Å². The fraction of sp³-hybridized carbons (Fsp3) is 0.353. The third-order valence-corrected chi connectivity index (χ3v) is 4.66. The fourth-order valence-electron chi connectivity index (χ4n) is 3.02. The van der Waals surface area contributed by atoms with Crippen molar-refractivity contribution in [3.8, 4) is 5.69 Å². The molecule has 1 aliphatic rings. The Bertz CT molecular complexity index is 844. The lowest BCUT2D eigenvalue weighted by Crippen LogP contribution is -3.14. The number of halogens is 1. The van der Waals surface area contributed by atoms with Crippen molar-refractivity contribution < 1.29 is 9.64 Å². The van der Waals surface area contributed by atoms with Gasteiger partial charge in [-0.15, -0.1) is 0 Å². The smallest absolute Gasteiger partial charge is 0.168 e. The van der Waals surface area contributed by atoms with Crippen molar-refractivity contribution >= 4 is 28.5 Å². The second kappa shape index (κ2) is 7.35. The van der Waals surface area contributed by atoms with Gasteiger partial charge in [-0.25, -0.2) is 14.6 Å². The van der Waals surface area contributed by atoms with E-state index in [0.717, 1.165) is 61.9 Å². The third kappa shape index (κ3) is 3.58. The highest BCUT2D eigenvalue weighted by Gasteiger charge is 2.14. The van der Waals surface area contributed by atoms with Crippen LogP contribution in [0.2, 0.25) is 5.02 Å². The Morgan fingerprint density at radius 1 is 1.16 bits per heavy atom. The van der Waals surface area contributed by atoms with Crippen LogP contribution in [0, 0.1) is 0 Å². The number of morpholine rings is 1. The van der Waals surface area contributed by atoms with Crippen LogP contribution in [0.4, 0.5) is 5.82 Å². The van der Waals surface area contributed by atoms with Gasteiger partial charge in [0.1, 0.15) is 25.2 Å². The van der Waals surface area contributed by atoms with Gasteiger partial charge in [-0.2, -0.15) is 5.10 Å². The molecule has 1 fully saturated rings. The number of rotatable bonds is 5. The zero-order valence-electron chi connectivity index (χ0n) is 13.8. The minimum Gasteiger partial charge on any atom is -0.370 e. The molecule has 0 unspecified atom stereocenters. The number of aromatic nitrogens is 4. The minimum atomic E-state index is 0.697. The second-order valence-electron chi connectivity index (χ2n) is 6.03. The maximum Gasteiger partial charge on any atom is 0.168 e. The van der Waals surface area contributed by atoms with Gasteiger partial charge in [-0.3, -0.25) is 0 Å². The van der Waals surface area contributed by atoms with E-state index in [1.54, 1.807) is 22.1 Å². The number of quaternary nitrogens is 1. The molecule has 2 N–H and O–H groups in total. The molecule has 0 aliphatic carbocycles. The molecular weight excluding hydrogens is 340 g/mol. The van der Waals surface area contributed by atoms with Crippen molar-refractivity contribution in [3.63, 3.8) is 0 Å². The first-order chi connectivity index (χ1) is 12.3. The molecule has 1 saturated heterocycles. The van der Waals surface area contributed by atoms with Gasteiger partial charge >= 0.3 is 0 Å². The summed E-state index contributed by atoms with van der Waals surface area (Å²) in [7, 11) is 0. The quantitative estimate of drug-likeness (QED) is 0.705. The van der Waals surface area contributed by atoms with Crippen molar-refractivity contribution in [2.24, 2.45) is 0 Å². The van der Waals surface area contributed by atoms with E-state index in [9.17, 15) is 0 Å². The normalized spacial score (nSPS) is 15.6. The molecule has 1 aliphatic heterocycles. The van der Waals surface area contributed by atoms with Gasteiger partial charge in [0, 0.05) is 5.02 Å². The zero-order chi connectivity index (χ0) is 17.1. The summed E-state index contributed by atoms with van der Waals surface area (Å²) in [5.41, 5.74) is 1.69. The number of hydrogen-bond acceptors (Lipinski definition) is 5. The molecule has 4 rings (SSSR count). The van der Waals surface area contributed by atoms with Gasteiger partial charge in [0.05, 0.1) is 43.6 Å². The molecule has 0 radical (unpaired) electrons. The molecule has 0 saturated carbocycles. The molecule has 3 aromatic rings. The van der Waals surface area contributed by atoms with Crippen molar-refractivity contribution in [2.75, 3.05) is 44.7 Å². The van der Waals surface area contributed by atoms with Crippen LogP contribution in [0.3, 0.4) is 0 Å². The van der Waals surface area contributed by atoms with Crippen molar-refractivity contribution in [1.82, 2.24) is 19.7 Å². The van der Waals surface area contributed by atoms with Crippen LogP contribution in [0.15, 0.2) is 36.8 Å². The Morgan fingerprint density at radius 2 is 1.96 bits per heavy atom. The molecule has 2 aromatic heterocycles. The number of ether oxygens (including phenoxy) is 1. The van der Waals surface area contributed by atoms with Crippen LogP contribution in [0.1, 0.15) is 0 Å². The summed E-state index contributed by atoms with van der Waals surface area (Å²) in [6.45, 7) is 5.72. The predicted molar refractivity (Wildman–Crippen MR) is 96.5 cm³/mol. The Labute approximate surface area is 150 Å². The number of nitrogens with one attached hydrogen (secondary N) is 2. The maximum atomic E-state index is 5.96. The van der Waals surface area contributed by atoms with E-state index >= 15 is 0 Å². The number of benzene rings is 1. The summed E-state index contributed by atoms with van der Waals surface area (Å²) in [5, 5.41) is 9.49. The lowest BCUT2D eigenvalue weighted by molar-refractivity contribution is -0.906. The van der Waals surface area contributed by atoms with Gasteiger partial charge < -0.3 is 15.0 Å². The number of hydrogen-bond donors (Lipinski definition) is 2. The van der Waals surface area contributed by atoms with E-state index in [1.165, 1.54) is 0 Å². The van der Waals surface area contributed by atoms with Crippen LogP contribution in [0.25, 0.3) is 16.7 Å². The first-order valence-corrected chi connectivity index (χ1v) is 8.79. The van der Waals surface area contributed by atoms with Crippen LogP contribution < -0.4 is 10.2 Å². The highest BCUT2D eigenvalue weighted by molar-refractivity contribution is 6.30. The standard InChI is InChI=1S/C17H19ClN6O/c18-13-1-3-14(4-2-13)24-17-15(11-22-24)16(20-12-21-17)19-5-6-23-7-9-25-10-8-23/h1-4,11-12H,5-10H2,(H,19,20,21)/p+1. The Balaban J connectivity index is 1.51. The van der Waals surface area contributed by atoms with Gasteiger partial charge in [0.2, 0.25) is 0 Å². The second-order valence-corrected chi connectivity index (χ2v) is 6.47. The third-order valence-electron chi connectivity index (χ3n) is 4.41. The monoisotopic (exact) mass is 359 g/mol. The molecule has 3 heterocycles. The summed E-state index contributed by atoms with van der Waals surface area (Å²) < 4.78 is 7.19. The number of nitrogens with zero attached hydrogens (tertiary/aromatic N) is 4. The maximum absolute atomic E-state index is 5.96. The lowest BCUT2D eigenvalue weighted by atomic mass is 10.3. The summed E-state index contributed by atoms with van der Waals surface area (Å²) in [5.74, 6) is 0.817. The average molecular weight is 360 g/mol. The molecule has 25 heavy (non-hydrogen) atoms. The van der Waals surface area contributed by atoms with E-state index in [1.807, 2.05) is 24.3 Å².